The minimum atomic E-state index is -0.372. The molecule has 5 heteroatoms. The molecule has 2 aromatic carbocycles. The molecule has 21 heavy (non-hydrogen) atoms. The summed E-state index contributed by atoms with van der Waals surface area (Å²) in [5.74, 6) is 0.0993. The van der Waals surface area contributed by atoms with Gasteiger partial charge in [-0.1, -0.05) is 46.3 Å². The van der Waals surface area contributed by atoms with E-state index in [1.165, 1.54) is 13.2 Å². The fourth-order valence-electron chi connectivity index (χ4n) is 1.77. The average Bonchev–Trinajstić information content (AvgIpc) is 2.49. The topological polar surface area (TPSA) is 27.7 Å². The van der Waals surface area contributed by atoms with E-state index in [2.05, 4.69) is 15.9 Å². The fourth-order valence-corrected chi connectivity index (χ4v) is 2.30. The molecular formula is C16H16BrFO3. The number of rotatable bonds is 7. The molecule has 0 amide bonds. The van der Waals surface area contributed by atoms with Gasteiger partial charge in [0.15, 0.2) is 0 Å². The van der Waals surface area contributed by atoms with E-state index in [1.807, 2.05) is 30.3 Å². The van der Waals surface area contributed by atoms with Crippen LogP contribution in [0.4, 0.5) is 4.39 Å². The number of halogens is 2. The summed E-state index contributed by atoms with van der Waals surface area (Å²) < 4.78 is 30.2. The molecule has 0 aliphatic carbocycles. The van der Waals surface area contributed by atoms with Gasteiger partial charge in [0, 0.05) is 23.2 Å². The zero-order valence-corrected chi connectivity index (χ0v) is 13.2. The van der Waals surface area contributed by atoms with Gasteiger partial charge in [0.2, 0.25) is 0 Å². The quantitative estimate of drug-likeness (QED) is 0.548. The molecule has 3 nitrogen and oxygen atoms in total. The second-order valence-corrected chi connectivity index (χ2v) is 5.25. The molecule has 0 atom stereocenters. The molecule has 0 saturated heterocycles. The highest BCUT2D eigenvalue weighted by Gasteiger charge is 2.10. The lowest BCUT2D eigenvalue weighted by molar-refractivity contribution is -0.0400. The molecule has 2 rings (SSSR count). The summed E-state index contributed by atoms with van der Waals surface area (Å²) in [5, 5.41) is 0. The maximum atomic E-state index is 14.0. The van der Waals surface area contributed by atoms with Gasteiger partial charge < -0.3 is 14.2 Å². The zero-order chi connectivity index (χ0) is 15.1. The molecule has 0 fully saturated rings. The minimum Gasteiger partial charge on any atom is -0.489 e. The van der Waals surface area contributed by atoms with E-state index in [0.717, 1.165) is 5.56 Å². The van der Waals surface area contributed by atoms with Crippen LogP contribution < -0.4 is 4.74 Å². The zero-order valence-electron chi connectivity index (χ0n) is 11.6. The highest BCUT2D eigenvalue weighted by molar-refractivity contribution is 9.10. The van der Waals surface area contributed by atoms with Crippen LogP contribution in [-0.4, -0.2) is 13.9 Å². The van der Waals surface area contributed by atoms with Crippen molar-refractivity contribution in [2.45, 2.75) is 13.2 Å². The van der Waals surface area contributed by atoms with Crippen molar-refractivity contribution in [1.29, 1.82) is 0 Å². The lowest BCUT2D eigenvalue weighted by Crippen LogP contribution is -2.02. The normalized spacial score (nSPS) is 10.6. The molecule has 112 valence electrons. The molecule has 0 heterocycles. The monoisotopic (exact) mass is 354 g/mol. The summed E-state index contributed by atoms with van der Waals surface area (Å²) >= 11 is 3.34. The van der Waals surface area contributed by atoms with Crippen LogP contribution in [0, 0.1) is 5.82 Å². The highest BCUT2D eigenvalue weighted by atomic mass is 79.9. The van der Waals surface area contributed by atoms with Gasteiger partial charge >= 0.3 is 0 Å². The van der Waals surface area contributed by atoms with Gasteiger partial charge in [-0.05, 0) is 11.6 Å². The van der Waals surface area contributed by atoms with Gasteiger partial charge in [0.1, 0.15) is 25.0 Å². The molecule has 0 aliphatic heterocycles. The molecule has 0 unspecified atom stereocenters. The maximum absolute atomic E-state index is 14.0. The van der Waals surface area contributed by atoms with Crippen molar-refractivity contribution in [3.63, 3.8) is 0 Å². The van der Waals surface area contributed by atoms with Crippen LogP contribution >= 0.6 is 15.9 Å². The van der Waals surface area contributed by atoms with Crippen molar-refractivity contribution in [2.75, 3.05) is 13.9 Å². The summed E-state index contributed by atoms with van der Waals surface area (Å²) in [6.45, 7) is 0.656. The Morgan fingerprint density at radius 2 is 1.86 bits per heavy atom. The van der Waals surface area contributed by atoms with Crippen LogP contribution in [0.1, 0.15) is 11.1 Å². The number of hydrogen-bond acceptors (Lipinski definition) is 3. The summed E-state index contributed by atoms with van der Waals surface area (Å²) in [5.41, 5.74) is 1.47. The van der Waals surface area contributed by atoms with Crippen LogP contribution in [0.15, 0.2) is 46.9 Å². The fraction of sp³-hybridized carbons (Fsp3) is 0.250. The Labute approximate surface area is 131 Å². The Morgan fingerprint density at radius 3 is 2.52 bits per heavy atom. The van der Waals surface area contributed by atoms with Gasteiger partial charge in [0.05, 0.1) is 6.61 Å². The van der Waals surface area contributed by atoms with Crippen LogP contribution in [0.3, 0.4) is 0 Å². The van der Waals surface area contributed by atoms with E-state index in [1.54, 1.807) is 6.07 Å². The Bertz CT molecular complexity index is 552. The highest BCUT2D eigenvalue weighted by Crippen LogP contribution is 2.27. The van der Waals surface area contributed by atoms with Crippen molar-refractivity contribution >= 4 is 15.9 Å². The molecule has 0 aromatic heterocycles. The average molecular weight is 355 g/mol. The van der Waals surface area contributed by atoms with E-state index < -0.39 is 0 Å². The van der Waals surface area contributed by atoms with E-state index >= 15 is 0 Å². The first-order valence-corrected chi connectivity index (χ1v) is 7.21. The van der Waals surface area contributed by atoms with E-state index in [0.29, 0.717) is 22.4 Å². The number of benzene rings is 2. The minimum absolute atomic E-state index is 0.123. The molecule has 0 saturated carbocycles. The van der Waals surface area contributed by atoms with Crippen molar-refractivity contribution < 1.29 is 18.6 Å². The van der Waals surface area contributed by atoms with Crippen molar-refractivity contribution in [2.24, 2.45) is 0 Å². The summed E-state index contributed by atoms with van der Waals surface area (Å²) in [4.78, 5) is 0. The van der Waals surface area contributed by atoms with Gasteiger partial charge in [-0.3, -0.25) is 0 Å². The molecule has 0 radical (unpaired) electrons. The van der Waals surface area contributed by atoms with Crippen molar-refractivity contribution in [3.8, 4) is 5.75 Å². The lowest BCUT2D eigenvalue weighted by Gasteiger charge is -2.11. The maximum Gasteiger partial charge on any atom is 0.146 e. The van der Waals surface area contributed by atoms with Crippen molar-refractivity contribution in [3.05, 3.63) is 63.9 Å². The smallest absolute Gasteiger partial charge is 0.146 e. The van der Waals surface area contributed by atoms with Gasteiger partial charge in [-0.15, -0.1) is 0 Å². The molecule has 2 aromatic rings. The number of hydrogen-bond donors (Lipinski definition) is 0. The molecule has 0 N–H and O–H groups in total. The summed E-state index contributed by atoms with van der Waals surface area (Å²) in [6, 6.07) is 12.8. The molecule has 0 aliphatic rings. The molecular weight excluding hydrogens is 339 g/mol. The van der Waals surface area contributed by atoms with Crippen LogP contribution in [-0.2, 0) is 22.7 Å². The Balaban J connectivity index is 2.01. The summed E-state index contributed by atoms with van der Waals surface area (Å²) in [6.07, 6.45) is 0. The van der Waals surface area contributed by atoms with Gasteiger partial charge in [0.25, 0.3) is 0 Å². The first-order valence-electron chi connectivity index (χ1n) is 6.42. The number of ether oxygens (including phenoxy) is 3. The van der Waals surface area contributed by atoms with Gasteiger partial charge in [-0.2, -0.15) is 0 Å². The molecule has 0 spiro atoms. The first-order chi connectivity index (χ1) is 10.2. The van der Waals surface area contributed by atoms with Crippen LogP contribution in [0.25, 0.3) is 0 Å². The third-order valence-corrected chi connectivity index (χ3v) is 3.52. The Hall–Kier alpha value is -1.43. The third-order valence-electron chi connectivity index (χ3n) is 2.81. The van der Waals surface area contributed by atoms with Crippen molar-refractivity contribution in [1.82, 2.24) is 0 Å². The van der Waals surface area contributed by atoms with Gasteiger partial charge in [-0.25, -0.2) is 4.39 Å². The van der Waals surface area contributed by atoms with Crippen LogP contribution in [0.5, 0.6) is 5.75 Å². The van der Waals surface area contributed by atoms with E-state index in [4.69, 9.17) is 14.2 Å². The Kier molecular flexibility index (Phi) is 6.17. The predicted molar refractivity (Wildman–Crippen MR) is 81.5 cm³/mol. The lowest BCUT2D eigenvalue weighted by atomic mass is 10.2. The molecule has 0 bridgehead atoms. The second-order valence-electron chi connectivity index (χ2n) is 4.39. The third kappa shape index (κ3) is 4.81. The number of methoxy groups -OCH3 is 1. The van der Waals surface area contributed by atoms with Crippen LogP contribution in [0.2, 0.25) is 0 Å². The van der Waals surface area contributed by atoms with E-state index in [9.17, 15) is 4.39 Å². The summed E-state index contributed by atoms with van der Waals surface area (Å²) in [7, 11) is 1.52. The van der Waals surface area contributed by atoms with E-state index in [-0.39, 0.29) is 19.2 Å². The Morgan fingerprint density at radius 1 is 1.10 bits per heavy atom. The second kappa shape index (κ2) is 8.12. The predicted octanol–water partition coefficient (Wildman–Crippen LogP) is 4.29. The standard InChI is InChI=1S/C16H16BrFO3/c1-19-11-20-10-14-15(17)7-13(8-16(14)18)21-9-12-5-3-2-4-6-12/h2-8H,9-11H2,1H3. The first kappa shape index (κ1) is 15.9. The largest absolute Gasteiger partial charge is 0.489 e. The SMILES string of the molecule is COCOCc1c(F)cc(OCc2ccccc2)cc1Br.